The zero-order chi connectivity index (χ0) is 11.3. The average molecular weight is 308 g/mol. The van der Waals surface area contributed by atoms with Gasteiger partial charge in [0.15, 0.2) is 0 Å². The molecule has 0 aromatic carbocycles. The Balaban J connectivity index is 2.40. The maximum absolute atomic E-state index is 11.7. The van der Waals surface area contributed by atoms with Crippen LogP contribution in [0.5, 0.6) is 0 Å². The van der Waals surface area contributed by atoms with Crippen LogP contribution in [-0.2, 0) is 0 Å². The van der Waals surface area contributed by atoms with E-state index < -0.39 is 0 Å². The molecule has 1 atom stereocenters. The Morgan fingerprint density at radius 2 is 2.47 bits per heavy atom. The van der Waals surface area contributed by atoms with Gasteiger partial charge in [0, 0.05) is 11.0 Å². The van der Waals surface area contributed by atoms with Crippen LogP contribution in [0.25, 0.3) is 0 Å². The highest BCUT2D eigenvalue weighted by Crippen LogP contribution is 2.22. The van der Waals surface area contributed by atoms with Crippen molar-refractivity contribution in [3.63, 3.8) is 0 Å². The molecular formula is C10H14BrNOS2. The van der Waals surface area contributed by atoms with Gasteiger partial charge >= 0.3 is 0 Å². The first-order chi connectivity index (χ1) is 7.15. The molecule has 0 saturated carbocycles. The Morgan fingerprint density at radius 1 is 1.73 bits per heavy atom. The van der Waals surface area contributed by atoms with Crippen LogP contribution in [0.4, 0.5) is 0 Å². The van der Waals surface area contributed by atoms with E-state index in [9.17, 15) is 4.79 Å². The summed E-state index contributed by atoms with van der Waals surface area (Å²) in [6.07, 6.45) is 2.08. The highest BCUT2D eigenvalue weighted by molar-refractivity contribution is 9.10. The predicted molar refractivity (Wildman–Crippen MR) is 71.9 cm³/mol. The molecule has 1 aromatic rings. The van der Waals surface area contributed by atoms with Crippen molar-refractivity contribution in [3.8, 4) is 0 Å². The van der Waals surface area contributed by atoms with E-state index >= 15 is 0 Å². The third kappa shape index (κ3) is 4.17. The first kappa shape index (κ1) is 13.1. The number of carbonyl (C=O) groups excluding carboxylic acids is 1. The van der Waals surface area contributed by atoms with Gasteiger partial charge in [0.25, 0.3) is 5.91 Å². The lowest BCUT2D eigenvalue weighted by Gasteiger charge is -2.10. The zero-order valence-corrected chi connectivity index (χ0v) is 12.0. The van der Waals surface area contributed by atoms with Crippen LogP contribution in [-0.4, -0.2) is 24.5 Å². The highest BCUT2D eigenvalue weighted by atomic mass is 79.9. The van der Waals surface area contributed by atoms with Gasteiger partial charge in [-0.25, -0.2) is 0 Å². The van der Waals surface area contributed by atoms with Crippen molar-refractivity contribution < 1.29 is 4.79 Å². The molecule has 2 nitrogen and oxygen atoms in total. The molecule has 0 fully saturated rings. The Bertz CT molecular complexity index is 327. The molecule has 0 aliphatic heterocycles. The van der Waals surface area contributed by atoms with Crippen molar-refractivity contribution in [1.82, 2.24) is 5.32 Å². The minimum atomic E-state index is 0.0184. The highest BCUT2D eigenvalue weighted by Gasteiger charge is 2.11. The summed E-state index contributed by atoms with van der Waals surface area (Å²) in [5, 5.41) is 4.85. The Hall–Kier alpha value is -0.000000000000000111. The third-order valence-corrected chi connectivity index (χ3v) is 4.62. The summed E-state index contributed by atoms with van der Waals surface area (Å²) < 4.78 is 0.877. The van der Waals surface area contributed by atoms with Gasteiger partial charge in [-0.05, 0) is 45.3 Å². The lowest BCUT2D eigenvalue weighted by molar-refractivity contribution is 0.0952. The molecule has 0 saturated heterocycles. The van der Waals surface area contributed by atoms with E-state index in [4.69, 9.17) is 0 Å². The molecular weight excluding hydrogens is 294 g/mol. The number of hydrogen-bond acceptors (Lipinski definition) is 3. The largest absolute Gasteiger partial charge is 0.351 e. The topological polar surface area (TPSA) is 29.1 Å². The maximum Gasteiger partial charge on any atom is 0.262 e. The predicted octanol–water partition coefficient (Wildman–Crippen LogP) is 3.24. The molecule has 0 spiro atoms. The lowest BCUT2D eigenvalue weighted by atomic mass is 10.2. The van der Waals surface area contributed by atoms with Crippen molar-refractivity contribution in [2.24, 2.45) is 5.92 Å². The summed E-state index contributed by atoms with van der Waals surface area (Å²) in [6.45, 7) is 2.88. The van der Waals surface area contributed by atoms with E-state index in [1.165, 1.54) is 11.3 Å². The van der Waals surface area contributed by atoms with Gasteiger partial charge in [-0.15, -0.1) is 11.3 Å². The monoisotopic (exact) mass is 307 g/mol. The Labute approximate surface area is 107 Å². The Morgan fingerprint density at radius 3 is 3.00 bits per heavy atom. The molecule has 1 unspecified atom stereocenters. The smallest absolute Gasteiger partial charge is 0.262 e. The average Bonchev–Trinajstić information content (AvgIpc) is 2.61. The summed E-state index contributed by atoms with van der Waals surface area (Å²) in [7, 11) is 0. The fourth-order valence-electron chi connectivity index (χ4n) is 1.15. The van der Waals surface area contributed by atoms with Crippen molar-refractivity contribution in [3.05, 3.63) is 20.8 Å². The zero-order valence-electron chi connectivity index (χ0n) is 8.75. The van der Waals surface area contributed by atoms with Crippen molar-refractivity contribution >= 4 is 44.9 Å². The number of thiophene rings is 1. The molecule has 1 heterocycles. The van der Waals surface area contributed by atoms with Crippen LogP contribution in [0.3, 0.4) is 0 Å². The van der Waals surface area contributed by atoms with Crippen LogP contribution in [0.2, 0.25) is 0 Å². The number of carbonyl (C=O) groups is 1. The van der Waals surface area contributed by atoms with E-state index in [1.54, 1.807) is 11.8 Å². The number of rotatable bonds is 5. The van der Waals surface area contributed by atoms with E-state index in [2.05, 4.69) is 34.4 Å². The van der Waals surface area contributed by atoms with Gasteiger partial charge in [-0.2, -0.15) is 11.8 Å². The van der Waals surface area contributed by atoms with E-state index in [1.807, 2.05) is 11.4 Å². The summed E-state index contributed by atoms with van der Waals surface area (Å²) in [6, 6.07) is 1.89. The molecule has 0 aliphatic rings. The fraction of sp³-hybridized carbons (Fsp3) is 0.500. The van der Waals surface area contributed by atoms with Crippen molar-refractivity contribution in [2.75, 3.05) is 18.6 Å². The Kier molecular flexibility index (Phi) is 5.71. The second-order valence-electron chi connectivity index (χ2n) is 3.37. The minimum Gasteiger partial charge on any atom is -0.351 e. The summed E-state index contributed by atoms with van der Waals surface area (Å²) >= 11 is 6.61. The SMILES string of the molecule is CSCC(C)CNC(=O)c1sccc1Br. The molecule has 1 amide bonds. The van der Waals surface area contributed by atoms with Gasteiger partial charge in [-0.3, -0.25) is 4.79 Å². The van der Waals surface area contributed by atoms with Crippen LogP contribution in [0, 0.1) is 5.92 Å². The molecule has 1 N–H and O–H groups in total. The molecule has 0 aliphatic carbocycles. The van der Waals surface area contributed by atoms with Crippen molar-refractivity contribution in [1.29, 1.82) is 0 Å². The number of hydrogen-bond donors (Lipinski definition) is 1. The van der Waals surface area contributed by atoms with Gasteiger partial charge in [0.05, 0.1) is 0 Å². The first-order valence-electron chi connectivity index (χ1n) is 4.65. The van der Waals surface area contributed by atoms with Crippen LogP contribution in [0.15, 0.2) is 15.9 Å². The fourth-order valence-corrected chi connectivity index (χ4v) is 3.30. The van der Waals surface area contributed by atoms with E-state index in [0.717, 1.165) is 21.6 Å². The van der Waals surface area contributed by atoms with Gasteiger partial charge in [0.2, 0.25) is 0 Å². The second-order valence-corrected chi connectivity index (χ2v) is 6.05. The minimum absolute atomic E-state index is 0.0184. The number of nitrogens with one attached hydrogen (secondary N) is 1. The summed E-state index contributed by atoms with van der Waals surface area (Å²) in [5.74, 6) is 1.61. The van der Waals surface area contributed by atoms with E-state index in [0.29, 0.717) is 5.92 Å². The number of thioether (sulfide) groups is 1. The second kappa shape index (κ2) is 6.55. The van der Waals surface area contributed by atoms with E-state index in [-0.39, 0.29) is 5.91 Å². The number of halogens is 1. The van der Waals surface area contributed by atoms with Crippen LogP contribution >= 0.6 is 39.0 Å². The molecule has 15 heavy (non-hydrogen) atoms. The first-order valence-corrected chi connectivity index (χ1v) is 7.72. The summed E-state index contributed by atoms with van der Waals surface area (Å²) in [5.41, 5.74) is 0. The molecule has 5 heteroatoms. The van der Waals surface area contributed by atoms with Gasteiger partial charge < -0.3 is 5.32 Å². The molecule has 84 valence electrons. The molecule has 0 bridgehead atoms. The summed E-state index contributed by atoms with van der Waals surface area (Å²) in [4.78, 5) is 12.5. The molecule has 1 rings (SSSR count). The molecule has 0 radical (unpaired) electrons. The quantitative estimate of drug-likeness (QED) is 0.905. The normalized spacial score (nSPS) is 12.5. The molecule has 1 aromatic heterocycles. The van der Waals surface area contributed by atoms with Crippen LogP contribution < -0.4 is 5.32 Å². The number of amides is 1. The lowest BCUT2D eigenvalue weighted by Crippen LogP contribution is -2.28. The van der Waals surface area contributed by atoms with Gasteiger partial charge in [0.1, 0.15) is 4.88 Å². The van der Waals surface area contributed by atoms with Crippen molar-refractivity contribution in [2.45, 2.75) is 6.92 Å². The van der Waals surface area contributed by atoms with Gasteiger partial charge in [-0.1, -0.05) is 6.92 Å². The van der Waals surface area contributed by atoms with Crippen LogP contribution in [0.1, 0.15) is 16.6 Å². The standard InChI is InChI=1S/C10H14BrNOS2/c1-7(6-14-2)5-12-10(13)9-8(11)3-4-15-9/h3-4,7H,5-6H2,1-2H3,(H,12,13). The maximum atomic E-state index is 11.7. The third-order valence-electron chi connectivity index (χ3n) is 1.89.